The van der Waals surface area contributed by atoms with E-state index in [2.05, 4.69) is 4.79 Å². The van der Waals surface area contributed by atoms with E-state index in [4.69, 9.17) is 9.71 Å². The molecule has 112 valence electrons. The van der Waals surface area contributed by atoms with Gasteiger partial charge in [0.1, 0.15) is 4.90 Å². The maximum absolute atomic E-state index is 12.2. The van der Waals surface area contributed by atoms with E-state index in [1.807, 2.05) is 6.92 Å². The van der Waals surface area contributed by atoms with E-state index in [9.17, 15) is 13.2 Å². The Morgan fingerprint density at radius 1 is 1.14 bits per heavy atom. The number of benzene rings is 2. The average Bonchev–Trinajstić information content (AvgIpc) is 2.48. The molecule has 0 unspecified atom stereocenters. The third-order valence-electron chi connectivity index (χ3n) is 2.84. The van der Waals surface area contributed by atoms with E-state index in [1.54, 1.807) is 18.2 Å². The molecule has 2 aromatic rings. The zero-order valence-corrected chi connectivity index (χ0v) is 12.4. The third kappa shape index (κ3) is 3.46. The van der Waals surface area contributed by atoms with E-state index in [0.29, 0.717) is 6.21 Å². The third-order valence-corrected chi connectivity index (χ3v) is 4.09. The van der Waals surface area contributed by atoms with Crippen molar-refractivity contribution in [3.05, 3.63) is 65.2 Å². The largest absolute Gasteiger partial charge is 0.378 e. The lowest BCUT2D eigenvalue weighted by Gasteiger charge is -2.09. The van der Waals surface area contributed by atoms with Crippen LogP contribution < -0.4 is 4.18 Å². The number of aryl methyl sites for hydroxylation is 1. The normalized spacial score (nSPS) is 10.6. The standard InChI is InChI=1S/C15H12N2O4S/c1-11-6-8-12(9-7-11)22(19,20)21-15-5-3-2-4-13(15)14(18)10-17-16/h2-10H,1H3. The molecule has 0 fully saturated rings. The van der Waals surface area contributed by atoms with Gasteiger partial charge in [0.25, 0.3) is 5.78 Å². The molecular weight excluding hydrogens is 304 g/mol. The number of ketones is 1. The summed E-state index contributed by atoms with van der Waals surface area (Å²) in [5.41, 5.74) is 9.31. The van der Waals surface area contributed by atoms with Crippen LogP contribution in [0.5, 0.6) is 5.75 Å². The van der Waals surface area contributed by atoms with Gasteiger partial charge in [-0.3, -0.25) is 4.79 Å². The summed E-state index contributed by atoms with van der Waals surface area (Å²) in [6, 6.07) is 11.9. The van der Waals surface area contributed by atoms with Gasteiger partial charge < -0.3 is 9.71 Å². The lowest BCUT2D eigenvalue weighted by molar-refractivity contribution is 0.00232. The van der Waals surface area contributed by atoms with E-state index < -0.39 is 15.9 Å². The number of carbonyl (C=O) groups is 1. The molecule has 0 aromatic heterocycles. The fraction of sp³-hybridized carbons (Fsp3) is 0.0667. The molecule has 0 aliphatic rings. The minimum atomic E-state index is -4.06. The van der Waals surface area contributed by atoms with Gasteiger partial charge in [0.2, 0.25) is 0 Å². The highest BCUT2D eigenvalue weighted by Crippen LogP contribution is 2.23. The van der Waals surface area contributed by atoms with Crippen LogP contribution in [0.15, 0.2) is 53.4 Å². The summed E-state index contributed by atoms with van der Waals surface area (Å²) in [4.78, 5) is 14.4. The van der Waals surface area contributed by atoms with E-state index >= 15 is 0 Å². The van der Waals surface area contributed by atoms with E-state index in [0.717, 1.165) is 5.56 Å². The Kier molecular flexibility index (Phi) is 4.50. The van der Waals surface area contributed by atoms with Crippen LogP contribution in [0, 0.1) is 6.92 Å². The van der Waals surface area contributed by atoms with Crippen LogP contribution in [0.25, 0.3) is 5.53 Å². The Morgan fingerprint density at radius 3 is 2.41 bits per heavy atom. The summed E-state index contributed by atoms with van der Waals surface area (Å²) >= 11 is 0. The predicted octanol–water partition coefficient (Wildman–Crippen LogP) is 2.25. The number of nitrogens with zero attached hydrogens (tertiary/aromatic N) is 2. The molecule has 0 spiro atoms. The Labute approximate surface area is 127 Å². The topological polar surface area (TPSA) is 96.8 Å². The Bertz CT molecular complexity index is 851. The molecule has 0 amide bonds. The Hall–Kier alpha value is -2.76. The summed E-state index contributed by atoms with van der Waals surface area (Å²) < 4.78 is 29.5. The van der Waals surface area contributed by atoms with Crippen molar-refractivity contribution in [2.75, 3.05) is 0 Å². The highest BCUT2D eigenvalue weighted by Gasteiger charge is 2.21. The monoisotopic (exact) mass is 316 g/mol. The van der Waals surface area contributed by atoms with Gasteiger partial charge in [0.05, 0.1) is 5.56 Å². The van der Waals surface area contributed by atoms with E-state index in [1.165, 1.54) is 30.3 Å². The number of rotatable bonds is 5. The average molecular weight is 316 g/mol. The van der Waals surface area contributed by atoms with Gasteiger partial charge in [-0.25, -0.2) is 0 Å². The molecule has 0 radical (unpaired) electrons. The summed E-state index contributed by atoms with van der Waals surface area (Å²) in [7, 11) is -4.06. The number of hydrogen-bond acceptors (Lipinski definition) is 4. The molecule has 7 heteroatoms. The molecule has 6 nitrogen and oxygen atoms in total. The summed E-state index contributed by atoms with van der Waals surface area (Å²) in [5.74, 6) is -0.801. The first-order valence-corrected chi connectivity index (χ1v) is 7.67. The first kappa shape index (κ1) is 15.6. The van der Waals surface area contributed by atoms with Gasteiger partial charge >= 0.3 is 16.3 Å². The number of Topliss-reactive ketones (excluding diaryl/α,β-unsaturated/α-hetero) is 1. The van der Waals surface area contributed by atoms with E-state index in [-0.39, 0.29) is 16.2 Å². The van der Waals surface area contributed by atoms with Gasteiger partial charge in [-0.1, -0.05) is 29.8 Å². The van der Waals surface area contributed by atoms with Gasteiger partial charge in [-0.2, -0.15) is 13.2 Å². The molecule has 2 rings (SSSR count). The Morgan fingerprint density at radius 2 is 1.77 bits per heavy atom. The Balaban J connectivity index is 2.40. The van der Waals surface area contributed by atoms with Gasteiger partial charge in [-0.05, 0) is 31.2 Å². The van der Waals surface area contributed by atoms with Crippen molar-refractivity contribution in [2.24, 2.45) is 0 Å². The second-order valence-electron chi connectivity index (χ2n) is 4.46. The zero-order chi connectivity index (χ0) is 16.2. The van der Waals surface area contributed by atoms with Crippen LogP contribution in [0.1, 0.15) is 15.9 Å². The highest BCUT2D eigenvalue weighted by atomic mass is 32.2. The first-order chi connectivity index (χ1) is 10.4. The second kappa shape index (κ2) is 6.34. The van der Waals surface area contributed by atoms with Crippen LogP contribution in [0.3, 0.4) is 0 Å². The van der Waals surface area contributed by atoms with Crippen molar-refractivity contribution >= 4 is 22.1 Å². The fourth-order valence-electron chi connectivity index (χ4n) is 1.74. The molecule has 0 heterocycles. The quantitative estimate of drug-likeness (QED) is 0.278. The molecular formula is C15H12N2O4S. The van der Waals surface area contributed by atoms with Crippen molar-refractivity contribution < 1.29 is 22.2 Å². The highest BCUT2D eigenvalue weighted by molar-refractivity contribution is 7.87. The number of carbonyl (C=O) groups excluding carboxylic acids is 1. The molecule has 0 N–H and O–H groups in total. The maximum atomic E-state index is 12.2. The van der Waals surface area contributed by atoms with Crippen LogP contribution >= 0.6 is 0 Å². The summed E-state index contributed by atoms with van der Waals surface area (Å²) in [6.07, 6.45) is 0.667. The number of para-hydroxylation sites is 1. The zero-order valence-electron chi connectivity index (χ0n) is 11.6. The van der Waals surface area contributed by atoms with Crippen molar-refractivity contribution in [2.45, 2.75) is 11.8 Å². The molecule has 0 atom stereocenters. The van der Waals surface area contributed by atoms with Crippen molar-refractivity contribution in [1.82, 2.24) is 0 Å². The number of hydrogen-bond donors (Lipinski definition) is 0. The van der Waals surface area contributed by atoms with Gasteiger partial charge in [-0.15, -0.1) is 0 Å². The molecule has 0 saturated heterocycles. The first-order valence-electron chi connectivity index (χ1n) is 6.26. The molecule has 2 aromatic carbocycles. The maximum Gasteiger partial charge on any atom is 0.339 e. The minimum Gasteiger partial charge on any atom is -0.378 e. The molecule has 0 saturated carbocycles. The second-order valence-corrected chi connectivity index (χ2v) is 6.00. The lowest BCUT2D eigenvalue weighted by atomic mass is 10.1. The van der Waals surface area contributed by atoms with Crippen LogP contribution in [0.2, 0.25) is 0 Å². The minimum absolute atomic E-state index is 0.0174. The van der Waals surface area contributed by atoms with Crippen LogP contribution in [-0.2, 0) is 10.1 Å². The molecule has 0 aliphatic carbocycles. The van der Waals surface area contributed by atoms with Crippen LogP contribution in [-0.4, -0.2) is 25.2 Å². The summed E-state index contributed by atoms with van der Waals surface area (Å²) in [5, 5.41) is 0. The van der Waals surface area contributed by atoms with Crippen molar-refractivity contribution in [1.29, 1.82) is 0 Å². The van der Waals surface area contributed by atoms with Crippen molar-refractivity contribution in [3.63, 3.8) is 0 Å². The van der Waals surface area contributed by atoms with Crippen LogP contribution in [0.4, 0.5) is 0 Å². The van der Waals surface area contributed by atoms with Gasteiger partial charge in [0, 0.05) is 0 Å². The molecule has 22 heavy (non-hydrogen) atoms. The lowest BCUT2D eigenvalue weighted by Crippen LogP contribution is -2.13. The SMILES string of the molecule is Cc1ccc(S(=O)(=O)Oc2ccccc2C(=O)C=[N+]=[N-])cc1. The van der Waals surface area contributed by atoms with Gasteiger partial charge in [0.15, 0.2) is 5.75 Å². The summed E-state index contributed by atoms with van der Waals surface area (Å²) in [6.45, 7) is 1.83. The molecule has 0 aliphatic heterocycles. The smallest absolute Gasteiger partial charge is 0.339 e. The van der Waals surface area contributed by atoms with Crippen molar-refractivity contribution in [3.8, 4) is 5.75 Å². The fourth-order valence-corrected chi connectivity index (χ4v) is 2.68. The predicted molar refractivity (Wildman–Crippen MR) is 79.4 cm³/mol. The molecule has 0 bridgehead atoms.